The van der Waals surface area contributed by atoms with Gasteiger partial charge in [-0.05, 0) is 30.7 Å². The Morgan fingerprint density at radius 2 is 2.00 bits per heavy atom. The summed E-state index contributed by atoms with van der Waals surface area (Å²) in [5.41, 5.74) is 4.83. The highest BCUT2D eigenvalue weighted by Crippen LogP contribution is 2.31. The number of nitrogens with zero attached hydrogens (tertiary/aromatic N) is 3. The highest BCUT2D eigenvalue weighted by atomic mass is 16.5. The van der Waals surface area contributed by atoms with Gasteiger partial charge in [0.1, 0.15) is 12.4 Å². The number of nitrogens with one attached hydrogen (secondary N) is 1. The minimum atomic E-state index is -0.656. The Hall–Kier alpha value is -3.89. The van der Waals surface area contributed by atoms with E-state index in [-0.39, 0.29) is 18.4 Å². The van der Waals surface area contributed by atoms with Crippen molar-refractivity contribution >= 4 is 17.5 Å². The van der Waals surface area contributed by atoms with Crippen LogP contribution >= 0.6 is 0 Å². The Morgan fingerprint density at radius 1 is 1.21 bits per heavy atom. The third-order valence-electron chi connectivity index (χ3n) is 6.60. The topological polar surface area (TPSA) is 68.9 Å². The normalized spacial score (nSPS) is 19.8. The van der Waals surface area contributed by atoms with E-state index in [0.717, 1.165) is 16.8 Å². The van der Waals surface area contributed by atoms with Crippen LogP contribution in [0.5, 0.6) is 5.75 Å². The first kappa shape index (κ1) is 21.0. The number of rotatable bonds is 3. The highest BCUT2D eigenvalue weighted by Gasteiger charge is 2.45. The number of anilines is 1. The molecular weight excluding hydrogens is 416 g/mol. The van der Waals surface area contributed by atoms with Crippen LogP contribution in [0.4, 0.5) is 5.69 Å². The molecule has 2 aromatic carbocycles. The molecule has 7 nitrogen and oxygen atoms in total. The maximum atomic E-state index is 13.5. The van der Waals surface area contributed by atoms with Crippen molar-refractivity contribution in [1.82, 2.24) is 9.78 Å². The van der Waals surface area contributed by atoms with Crippen molar-refractivity contribution < 1.29 is 19.2 Å². The summed E-state index contributed by atoms with van der Waals surface area (Å²) >= 11 is 0. The van der Waals surface area contributed by atoms with E-state index in [0.29, 0.717) is 47.1 Å². The number of terminal acetylenes is 1. The second kappa shape index (κ2) is 8.23. The minimum absolute atomic E-state index is 0.117. The monoisotopic (exact) mass is 441 g/mol. The molecule has 0 saturated carbocycles. The predicted octanol–water partition coefficient (Wildman–Crippen LogP) is 1.23. The second-order valence-electron chi connectivity index (χ2n) is 8.50. The molecule has 1 aromatic heterocycles. The molecule has 2 aliphatic heterocycles. The lowest BCUT2D eigenvalue weighted by atomic mass is 10.0. The lowest BCUT2D eigenvalue weighted by molar-refractivity contribution is -0.833. The molecule has 0 bridgehead atoms. The first-order chi connectivity index (χ1) is 16.0. The van der Waals surface area contributed by atoms with Gasteiger partial charge in [-0.25, -0.2) is 4.79 Å². The number of hydrogen-bond donors (Lipinski definition) is 1. The van der Waals surface area contributed by atoms with Crippen LogP contribution in [0.25, 0.3) is 0 Å². The lowest BCUT2D eigenvalue weighted by Gasteiger charge is -2.28. The van der Waals surface area contributed by atoms with Gasteiger partial charge >= 0.3 is 5.91 Å². The summed E-state index contributed by atoms with van der Waals surface area (Å²) in [6.07, 6.45) is 6.20. The SMILES string of the molecule is C#Cc1ccc2c(c1)N(C)C(=O)C([NH+]1CCc3c(nn(Cc4ccccc4)c3C)C1=O)CO2. The largest absolute Gasteiger partial charge is 0.485 e. The molecule has 7 heteroatoms. The highest BCUT2D eigenvalue weighted by molar-refractivity contribution is 5.99. The van der Waals surface area contributed by atoms with E-state index in [1.807, 2.05) is 41.9 Å². The van der Waals surface area contributed by atoms with E-state index >= 15 is 0 Å². The van der Waals surface area contributed by atoms with Gasteiger partial charge in [0, 0.05) is 30.3 Å². The number of quaternary nitrogens is 1. The molecule has 0 radical (unpaired) electrons. The van der Waals surface area contributed by atoms with Gasteiger partial charge in [-0.3, -0.25) is 14.4 Å². The van der Waals surface area contributed by atoms with Crippen LogP contribution in [-0.2, 0) is 17.8 Å². The van der Waals surface area contributed by atoms with Crippen molar-refractivity contribution in [1.29, 1.82) is 0 Å². The molecule has 166 valence electrons. The number of carbonyl (C=O) groups is 2. The van der Waals surface area contributed by atoms with E-state index in [4.69, 9.17) is 11.2 Å². The molecule has 0 aliphatic carbocycles. The summed E-state index contributed by atoms with van der Waals surface area (Å²) in [6, 6.07) is 14.7. The van der Waals surface area contributed by atoms with Gasteiger partial charge in [0.25, 0.3) is 5.91 Å². The number of hydrogen-bond acceptors (Lipinski definition) is 4. The molecule has 1 N–H and O–H groups in total. The zero-order valence-electron chi connectivity index (χ0n) is 18.7. The van der Waals surface area contributed by atoms with Crippen molar-refractivity contribution in [3.05, 3.63) is 76.6 Å². The van der Waals surface area contributed by atoms with Crippen molar-refractivity contribution in [2.24, 2.45) is 0 Å². The predicted molar refractivity (Wildman–Crippen MR) is 123 cm³/mol. The van der Waals surface area contributed by atoms with Gasteiger partial charge in [0.15, 0.2) is 5.69 Å². The second-order valence-corrected chi connectivity index (χ2v) is 8.50. The van der Waals surface area contributed by atoms with E-state index in [2.05, 4.69) is 11.0 Å². The van der Waals surface area contributed by atoms with E-state index in [9.17, 15) is 9.59 Å². The molecule has 2 atom stereocenters. The van der Waals surface area contributed by atoms with Crippen LogP contribution in [0.1, 0.15) is 32.9 Å². The molecule has 2 amide bonds. The van der Waals surface area contributed by atoms with Gasteiger partial charge in [0.2, 0.25) is 6.04 Å². The standard InChI is InChI=1S/C26H24N4O3/c1-4-18-10-11-23-21(14-18)28(3)25(31)22(16-33-23)29-13-12-20-17(2)30(27-24(20)26(29)32)15-19-8-6-5-7-9-19/h1,5-11,14,22H,12-13,15-16H2,2-3H3/p+1. The molecular formula is C26H25N4O3+. The average Bonchev–Trinajstić information content (AvgIpc) is 3.09. The maximum absolute atomic E-state index is 13.5. The van der Waals surface area contributed by atoms with E-state index < -0.39 is 6.04 Å². The number of amides is 2. The molecule has 33 heavy (non-hydrogen) atoms. The Kier molecular flexibility index (Phi) is 5.23. The number of aromatic nitrogens is 2. The van der Waals surface area contributed by atoms with Crippen LogP contribution in [0.3, 0.4) is 0 Å². The molecule has 0 spiro atoms. The molecule has 5 rings (SSSR count). The summed E-state index contributed by atoms with van der Waals surface area (Å²) in [7, 11) is 1.70. The van der Waals surface area contributed by atoms with Crippen molar-refractivity contribution in [2.75, 3.05) is 25.1 Å². The quantitative estimate of drug-likeness (QED) is 0.621. The van der Waals surface area contributed by atoms with Crippen molar-refractivity contribution in [2.45, 2.75) is 25.9 Å². The molecule has 3 aromatic rings. The van der Waals surface area contributed by atoms with Gasteiger partial charge in [0.05, 0.1) is 18.8 Å². The fraction of sp³-hybridized carbons (Fsp3) is 0.269. The van der Waals surface area contributed by atoms with Gasteiger partial charge < -0.3 is 9.64 Å². The number of ether oxygens (including phenoxy) is 1. The van der Waals surface area contributed by atoms with Gasteiger partial charge in [-0.1, -0.05) is 36.3 Å². The van der Waals surface area contributed by atoms with Crippen LogP contribution in [-0.4, -0.2) is 47.8 Å². The fourth-order valence-electron chi connectivity index (χ4n) is 4.67. The van der Waals surface area contributed by atoms with Crippen molar-refractivity contribution in [3.8, 4) is 18.1 Å². The fourth-order valence-corrected chi connectivity index (χ4v) is 4.67. The summed E-state index contributed by atoms with van der Waals surface area (Å²) in [5.74, 6) is 2.84. The summed E-state index contributed by atoms with van der Waals surface area (Å²) in [6.45, 7) is 3.23. The summed E-state index contributed by atoms with van der Waals surface area (Å²) in [5, 5.41) is 4.66. The molecule has 2 unspecified atom stereocenters. The lowest BCUT2D eigenvalue weighted by Crippen LogP contribution is -3.21. The average molecular weight is 442 g/mol. The first-order valence-electron chi connectivity index (χ1n) is 11.0. The van der Waals surface area contributed by atoms with E-state index in [1.54, 1.807) is 30.1 Å². The summed E-state index contributed by atoms with van der Waals surface area (Å²) < 4.78 is 7.85. The number of benzene rings is 2. The zero-order valence-corrected chi connectivity index (χ0v) is 18.7. The first-order valence-corrected chi connectivity index (χ1v) is 11.0. The van der Waals surface area contributed by atoms with Crippen molar-refractivity contribution in [3.63, 3.8) is 0 Å². The maximum Gasteiger partial charge on any atom is 0.365 e. The van der Waals surface area contributed by atoms with Crippen LogP contribution < -0.4 is 14.5 Å². The summed E-state index contributed by atoms with van der Waals surface area (Å²) in [4.78, 5) is 29.0. The van der Waals surface area contributed by atoms with Crippen LogP contribution in [0, 0.1) is 19.3 Å². The smallest absolute Gasteiger partial charge is 0.365 e. The third-order valence-corrected chi connectivity index (χ3v) is 6.60. The third kappa shape index (κ3) is 3.59. The molecule has 3 heterocycles. The Morgan fingerprint density at radius 3 is 2.76 bits per heavy atom. The number of carbonyl (C=O) groups excluding carboxylic acids is 2. The Bertz CT molecular complexity index is 1290. The van der Waals surface area contributed by atoms with E-state index in [1.165, 1.54) is 0 Å². The zero-order chi connectivity index (χ0) is 23.1. The van der Waals surface area contributed by atoms with Crippen LogP contribution in [0.2, 0.25) is 0 Å². The Balaban J connectivity index is 1.42. The molecule has 0 fully saturated rings. The van der Waals surface area contributed by atoms with Gasteiger partial charge in [-0.15, -0.1) is 6.42 Å². The minimum Gasteiger partial charge on any atom is -0.485 e. The molecule has 0 saturated heterocycles. The molecule has 2 aliphatic rings. The Labute approximate surface area is 192 Å². The van der Waals surface area contributed by atoms with Gasteiger partial charge in [-0.2, -0.15) is 5.10 Å². The number of likely N-dealkylation sites (N-methyl/N-ethyl adjacent to an activating group) is 1. The van der Waals surface area contributed by atoms with Crippen LogP contribution in [0.15, 0.2) is 48.5 Å². The number of fused-ring (bicyclic) bond motifs is 2.